The first kappa shape index (κ1) is 21.0. The predicted molar refractivity (Wildman–Crippen MR) is 117 cm³/mol. The molecule has 0 saturated heterocycles. The largest absolute Gasteiger partial charge is 0.496 e. The lowest BCUT2D eigenvalue weighted by atomic mass is 10.1. The number of amides is 1. The summed E-state index contributed by atoms with van der Waals surface area (Å²) in [5, 5.41) is 7.54. The molecular weight excluding hydrogens is 394 g/mol. The van der Waals surface area contributed by atoms with Crippen molar-refractivity contribution in [1.82, 2.24) is 25.1 Å². The fourth-order valence-corrected chi connectivity index (χ4v) is 3.62. The Labute approximate surface area is 181 Å². The summed E-state index contributed by atoms with van der Waals surface area (Å²) in [5.74, 6) is 1.31. The van der Waals surface area contributed by atoms with E-state index in [4.69, 9.17) is 14.5 Å². The number of methoxy groups -OCH3 is 2. The third kappa shape index (κ3) is 4.44. The van der Waals surface area contributed by atoms with E-state index in [2.05, 4.69) is 15.4 Å². The average Bonchev–Trinajstić information content (AvgIpc) is 3.56. The summed E-state index contributed by atoms with van der Waals surface area (Å²) in [5.41, 5.74) is 3.04. The molecule has 1 saturated carbocycles. The van der Waals surface area contributed by atoms with Crippen LogP contribution in [-0.4, -0.2) is 52.5 Å². The Morgan fingerprint density at radius 1 is 1.26 bits per heavy atom. The Hall–Kier alpha value is -3.26. The third-order valence-corrected chi connectivity index (χ3v) is 5.43. The van der Waals surface area contributed by atoms with Gasteiger partial charge in [0, 0.05) is 24.8 Å². The molecule has 3 aromatic rings. The molecule has 2 aromatic heterocycles. The smallest absolute Gasteiger partial charge is 0.255 e. The van der Waals surface area contributed by atoms with Crippen molar-refractivity contribution in [2.24, 2.45) is 0 Å². The van der Waals surface area contributed by atoms with Gasteiger partial charge in [-0.05, 0) is 37.5 Å². The highest BCUT2D eigenvalue weighted by molar-refractivity contribution is 5.95. The van der Waals surface area contributed by atoms with E-state index < -0.39 is 0 Å². The van der Waals surface area contributed by atoms with Crippen LogP contribution in [0.2, 0.25) is 0 Å². The van der Waals surface area contributed by atoms with E-state index >= 15 is 0 Å². The van der Waals surface area contributed by atoms with E-state index in [-0.39, 0.29) is 17.9 Å². The minimum Gasteiger partial charge on any atom is -0.496 e. The van der Waals surface area contributed by atoms with Gasteiger partial charge in [0.05, 0.1) is 42.9 Å². The normalized spacial score (nSPS) is 14.3. The van der Waals surface area contributed by atoms with Crippen LogP contribution in [0.3, 0.4) is 0 Å². The van der Waals surface area contributed by atoms with Crippen LogP contribution >= 0.6 is 0 Å². The molecule has 162 valence electrons. The van der Waals surface area contributed by atoms with E-state index in [0.717, 1.165) is 42.0 Å². The van der Waals surface area contributed by atoms with Crippen LogP contribution in [-0.2, 0) is 4.74 Å². The molecule has 8 heteroatoms. The molecule has 4 rings (SSSR count). The fraction of sp³-hybridized carbons (Fsp3) is 0.391. The number of rotatable bonds is 9. The zero-order valence-electron chi connectivity index (χ0n) is 18.0. The zero-order chi connectivity index (χ0) is 21.8. The van der Waals surface area contributed by atoms with Gasteiger partial charge >= 0.3 is 0 Å². The number of nitrogens with zero attached hydrogens (tertiary/aromatic N) is 4. The second-order valence-electron chi connectivity index (χ2n) is 7.61. The molecule has 0 radical (unpaired) electrons. The van der Waals surface area contributed by atoms with Gasteiger partial charge in [-0.1, -0.05) is 19.1 Å². The van der Waals surface area contributed by atoms with Crippen molar-refractivity contribution in [3.8, 4) is 23.0 Å². The number of para-hydroxylation sites is 1. The van der Waals surface area contributed by atoms with Crippen LogP contribution in [0, 0.1) is 0 Å². The van der Waals surface area contributed by atoms with Crippen LogP contribution < -0.4 is 10.1 Å². The van der Waals surface area contributed by atoms with Crippen LogP contribution in [0.1, 0.15) is 48.2 Å². The zero-order valence-corrected chi connectivity index (χ0v) is 18.0. The molecule has 0 spiro atoms. The van der Waals surface area contributed by atoms with Crippen LogP contribution in [0.5, 0.6) is 5.75 Å². The number of hydrogen-bond donors (Lipinski definition) is 1. The molecule has 2 heterocycles. The summed E-state index contributed by atoms with van der Waals surface area (Å²) in [7, 11) is 3.27. The Morgan fingerprint density at radius 3 is 2.77 bits per heavy atom. The highest BCUT2D eigenvalue weighted by Crippen LogP contribution is 2.42. The summed E-state index contributed by atoms with van der Waals surface area (Å²) < 4.78 is 12.4. The number of carbonyl (C=O) groups excluding carboxylic acids is 1. The molecular formula is C23H27N5O3. The van der Waals surface area contributed by atoms with E-state index in [1.165, 1.54) is 0 Å². The number of benzene rings is 1. The molecule has 0 aliphatic heterocycles. The SMILES string of the molecule is CC[C@@H](COC)NC(=O)c1cnn(-c2nccc(-c3ccccc3OC)n2)c1C1CC1. The second kappa shape index (κ2) is 9.26. The Kier molecular flexibility index (Phi) is 6.27. The predicted octanol–water partition coefficient (Wildman–Crippen LogP) is 3.37. The van der Waals surface area contributed by atoms with Gasteiger partial charge in [0.2, 0.25) is 0 Å². The summed E-state index contributed by atoms with van der Waals surface area (Å²) >= 11 is 0. The second-order valence-corrected chi connectivity index (χ2v) is 7.61. The van der Waals surface area contributed by atoms with Gasteiger partial charge in [-0.2, -0.15) is 5.10 Å². The molecule has 1 aliphatic carbocycles. The summed E-state index contributed by atoms with van der Waals surface area (Å²) in [6, 6.07) is 9.50. The van der Waals surface area contributed by atoms with Crippen molar-refractivity contribution in [3.63, 3.8) is 0 Å². The van der Waals surface area contributed by atoms with E-state index in [0.29, 0.717) is 18.1 Å². The van der Waals surface area contributed by atoms with Crippen LogP contribution in [0.25, 0.3) is 17.2 Å². The molecule has 1 aromatic carbocycles. The number of hydrogen-bond acceptors (Lipinski definition) is 6. The van der Waals surface area contributed by atoms with Gasteiger partial charge < -0.3 is 14.8 Å². The molecule has 31 heavy (non-hydrogen) atoms. The number of carbonyl (C=O) groups is 1. The summed E-state index contributed by atoms with van der Waals surface area (Å²) in [4.78, 5) is 22.1. The van der Waals surface area contributed by atoms with Crippen molar-refractivity contribution in [3.05, 3.63) is 54.0 Å². The lowest BCUT2D eigenvalue weighted by molar-refractivity contribution is 0.0893. The highest BCUT2D eigenvalue weighted by Gasteiger charge is 2.34. The Bertz CT molecular complexity index is 1060. The van der Waals surface area contributed by atoms with Crippen molar-refractivity contribution >= 4 is 5.91 Å². The van der Waals surface area contributed by atoms with Gasteiger partial charge in [-0.25, -0.2) is 14.6 Å². The van der Waals surface area contributed by atoms with Gasteiger partial charge in [0.15, 0.2) is 0 Å². The van der Waals surface area contributed by atoms with Crippen LogP contribution in [0.4, 0.5) is 0 Å². The minimum atomic E-state index is -0.141. The number of nitrogens with one attached hydrogen (secondary N) is 1. The molecule has 0 unspecified atom stereocenters. The first-order chi connectivity index (χ1) is 15.2. The fourth-order valence-electron chi connectivity index (χ4n) is 3.62. The van der Waals surface area contributed by atoms with E-state index in [1.807, 2.05) is 37.3 Å². The minimum absolute atomic E-state index is 0.0435. The maximum atomic E-state index is 13.0. The van der Waals surface area contributed by atoms with E-state index in [1.54, 1.807) is 31.3 Å². The highest BCUT2D eigenvalue weighted by atomic mass is 16.5. The lowest BCUT2D eigenvalue weighted by Crippen LogP contribution is -2.37. The number of ether oxygens (including phenoxy) is 2. The maximum Gasteiger partial charge on any atom is 0.255 e. The topological polar surface area (TPSA) is 91.2 Å². The van der Waals surface area contributed by atoms with Crippen molar-refractivity contribution in [2.75, 3.05) is 20.8 Å². The molecule has 1 fully saturated rings. The van der Waals surface area contributed by atoms with Crippen molar-refractivity contribution in [1.29, 1.82) is 0 Å². The quantitative estimate of drug-likeness (QED) is 0.570. The summed E-state index contributed by atoms with van der Waals surface area (Å²) in [6.45, 7) is 2.49. The van der Waals surface area contributed by atoms with Gasteiger partial charge in [-0.15, -0.1) is 0 Å². The Balaban J connectivity index is 1.69. The van der Waals surface area contributed by atoms with Gasteiger partial charge in [-0.3, -0.25) is 4.79 Å². The van der Waals surface area contributed by atoms with Crippen molar-refractivity contribution in [2.45, 2.75) is 38.1 Å². The lowest BCUT2D eigenvalue weighted by Gasteiger charge is -2.16. The van der Waals surface area contributed by atoms with Crippen LogP contribution in [0.15, 0.2) is 42.7 Å². The average molecular weight is 422 g/mol. The first-order valence-corrected chi connectivity index (χ1v) is 10.5. The van der Waals surface area contributed by atoms with Gasteiger partial charge in [0.1, 0.15) is 5.75 Å². The molecule has 8 nitrogen and oxygen atoms in total. The van der Waals surface area contributed by atoms with Gasteiger partial charge in [0.25, 0.3) is 11.9 Å². The molecule has 0 bridgehead atoms. The maximum absolute atomic E-state index is 13.0. The first-order valence-electron chi connectivity index (χ1n) is 10.5. The number of aromatic nitrogens is 4. The van der Waals surface area contributed by atoms with E-state index in [9.17, 15) is 4.79 Å². The van der Waals surface area contributed by atoms with Crippen molar-refractivity contribution < 1.29 is 14.3 Å². The molecule has 1 amide bonds. The molecule has 1 atom stereocenters. The third-order valence-electron chi connectivity index (χ3n) is 5.43. The Morgan fingerprint density at radius 2 is 2.06 bits per heavy atom. The molecule has 1 N–H and O–H groups in total. The summed E-state index contributed by atoms with van der Waals surface area (Å²) in [6.07, 6.45) is 6.15. The standard InChI is InChI=1S/C23H27N5O3/c1-4-16(14-30-2)26-22(29)18-13-25-28(21(18)15-9-10-15)23-24-12-11-19(27-23)17-7-5-6-8-20(17)31-3/h5-8,11-13,15-16H,4,9-10,14H2,1-3H3,(H,26,29)/t16-/m0/s1. The molecule has 1 aliphatic rings. The monoisotopic (exact) mass is 421 g/mol.